The molecule has 0 unspecified atom stereocenters. The predicted octanol–water partition coefficient (Wildman–Crippen LogP) is 1.92. The average Bonchev–Trinajstić information content (AvgIpc) is 2.05. The van der Waals surface area contributed by atoms with E-state index in [-0.39, 0.29) is 0 Å². The van der Waals surface area contributed by atoms with Crippen molar-refractivity contribution in [3.8, 4) is 0 Å². The third-order valence-electron chi connectivity index (χ3n) is 2.04. The van der Waals surface area contributed by atoms with Gasteiger partial charge in [-0.25, -0.2) is 0 Å². The Bertz CT molecular complexity index is 233. The lowest BCUT2D eigenvalue weighted by Crippen LogP contribution is -2.24. The lowest BCUT2D eigenvalue weighted by molar-refractivity contribution is 0.413. The van der Waals surface area contributed by atoms with Crippen LogP contribution in [0.1, 0.15) is 13.3 Å². The number of hydrogen-bond acceptors (Lipinski definition) is 2. The monoisotopic (exact) mass is 165 g/mol. The van der Waals surface area contributed by atoms with E-state index in [0.29, 0.717) is 5.76 Å². The van der Waals surface area contributed by atoms with E-state index in [2.05, 4.69) is 11.9 Å². The second-order valence-electron chi connectivity index (χ2n) is 2.97. The highest BCUT2D eigenvalue weighted by Crippen LogP contribution is 2.18. The molecule has 0 spiro atoms. The largest absolute Gasteiger partial charge is 0.508 e. The molecule has 2 nitrogen and oxygen atoms in total. The SMILES string of the molecule is C=C/C=C(/O)C1=C(C)CNCC1. The van der Waals surface area contributed by atoms with E-state index in [9.17, 15) is 5.11 Å². The molecule has 0 radical (unpaired) electrons. The van der Waals surface area contributed by atoms with Crippen LogP contribution in [0.4, 0.5) is 0 Å². The summed E-state index contributed by atoms with van der Waals surface area (Å²) in [5.74, 6) is 0.365. The predicted molar refractivity (Wildman–Crippen MR) is 51.1 cm³/mol. The van der Waals surface area contributed by atoms with Gasteiger partial charge in [0.2, 0.25) is 0 Å². The molecule has 0 fully saturated rings. The first-order valence-corrected chi connectivity index (χ1v) is 4.17. The van der Waals surface area contributed by atoms with E-state index >= 15 is 0 Å². The first kappa shape index (κ1) is 9.07. The zero-order valence-electron chi connectivity index (χ0n) is 7.43. The highest BCUT2D eigenvalue weighted by Gasteiger charge is 2.10. The molecule has 2 N–H and O–H groups in total. The normalized spacial score (nSPS) is 19.6. The topological polar surface area (TPSA) is 32.3 Å². The Hall–Kier alpha value is -1.02. The van der Waals surface area contributed by atoms with Gasteiger partial charge in [0.15, 0.2) is 0 Å². The standard InChI is InChI=1S/C10H15NO/c1-3-4-10(12)9-5-6-11-7-8(9)2/h3-4,11-12H,1,5-7H2,2H3/b10-4+. The molecule has 1 rings (SSSR count). The van der Waals surface area contributed by atoms with E-state index in [0.717, 1.165) is 25.1 Å². The van der Waals surface area contributed by atoms with Crippen molar-refractivity contribution in [1.29, 1.82) is 0 Å². The number of hydrogen-bond donors (Lipinski definition) is 2. The van der Waals surface area contributed by atoms with Crippen LogP contribution in [0.25, 0.3) is 0 Å². The van der Waals surface area contributed by atoms with Crippen molar-refractivity contribution >= 4 is 0 Å². The lowest BCUT2D eigenvalue weighted by Gasteiger charge is -2.17. The van der Waals surface area contributed by atoms with E-state index in [1.807, 2.05) is 6.92 Å². The van der Waals surface area contributed by atoms with Gasteiger partial charge in [-0.2, -0.15) is 0 Å². The third kappa shape index (κ3) is 1.98. The molecule has 1 aliphatic rings. The van der Waals surface area contributed by atoms with Gasteiger partial charge in [-0.3, -0.25) is 0 Å². The highest BCUT2D eigenvalue weighted by molar-refractivity contribution is 5.33. The van der Waals surface area contributed by atoms with Crippen LogP contribution in [-0.4, -0.2) is 18.2 Å². The molecular formula is C10H15NO. The van der Waals surface area contributed by atoms with Gasteiger partial charge < -0.3 is 10.4 Å². The Balaban J connectivity index is 2.84. The van der Waals surface area contributed by atoms with Gasteiger partial charge in [0.05, 0.1) is 0 Å². The quantitative estimate of drug-likeness (QED) is 0.484. The minimum absolute atomic E-state index is 0.365. The van der Waals surface area contributed by atoms with Gasteiger partial charge in [-0.1, -0.05) is 18.2 Å². The van der Waals surface area contributed by atoms with Crippen LogP contribution in [0, 0.1) is 0 Å². The Morgan fingerprint density at radius 3 is 3.00 bits per heavy atom. The minimum Gasteiger partial charge on any atom is -0.508 e. The molecule has 2 heteroatoms. The first-order chi connectivity index (χ1) is 5.75. The van der Waals surface area contributed by atoms with Gasteiger partial charge in [-0.05, 0) is 31.5 Å². The van der Waals surface area contributed by atoms with Gasteiger partial charge in [0.25, 0.3) is 0 Å². The van der Waals surface area contributed by atoms with Gasteiger partial charge in [0, 0.05) is 6.54 Å². The maximum Gasteiger partial charge on any atom is 0.118 e. The van der Waals surface area contributed by atoms with Crippen LogP contribution in [0.15, 0.2) is 35.6 Å². The van der Waals surface area contributed by atoms with Gasteiger partial charge in [0.1, 0.15) is 5.76 Å². The number of aliphatic hydroxyl groups excluding tert-OH is 1. The van der Waals surface area contributed by atoms with Crippen molar-refractivity contribution in [3.63, 3.8) is 0 Å². The Labute approximate surface area is 73.3 Å². The van der Waals surface area contributed by atoms with Gasteiger partial charge in [-0.15, -0.1) is 0 Å². The molecule has 0 saturated heterocycles. The smallest absolute Gasteiger partial charge is 0.118 e. The van der Waals surface area contributed by atoms with Crippen LogP contribution in [0.3, 0.4) is 0 Å². The molecule has 1 aliphatic heterocycles. The van der Waals surface area contributed by atoms with Crippen molar-refractivity contribution in [2.24, 2.45) is 0 Å². The maximum absolute atomic E-state index is 9.55. The molecule has 0 bridgehead atoms. The van der Waals surface area contributed by atoms with Crippen LogP contribution in [0.2, 0.25) is 0 Å². The van der Waals surface area contributed by atoms with Crippen LogP contribution in [0.5, 0.6) is 0 Å². The Morgan fingerprint density at radius 1 is 1.67 bits per heavy atom. The maximum atomic E-state index is 9.55. The van der Waals surface area contributed by atoms with E-state index in [1.54, 1.807) is 12.2 Å². The summed E-state index contributed by atoms with van der Waals surface area (Å²) in [7, 11) is 0. The number of allylic oxidation sites excluding steroid dienone is 3. The number of rotatable bonds is 2. The van der Waals surface area contributed by atoms with Crippen LogP contribution in [-0.2, 0) is 0 Å². The molecule has 66 valence electrons. The summed E-state index contributed by atoms with van der Waals surface area (Å²) in [6.07, 6.45) is 4.16. The molecular weight excluding hydrogens is 150 g/mol. The molecule has 0 saturated carbocycles. The number of nitrogens with one attached hydrogen (secondary N) is 1. The Morgan fingerprint density at radius 2 is 2.42 bits per heavy atom. The number of aliphatic hydroxyl groups is 1. The van der Waals surface area contributed by atoms with Crippen LogP contribution >= 0.6 is 0 Å². The van der Waals surface area contributed by atoms with Crippen molar-refractivity contribution in [2.45, 2.75) is 13.3 Å². The summed E-state index contributed by atoms with van der Waals surface area (Å²) in [4.78, 5) is 0. The second-order valence-corrected chi connectivity index (χ2v) is 2.97. The summed E-state index contributed by atoms with van der Waals surface area (Å²) >= 11 is 0. The second kappa shape index (κ2) is 4.12. The average molecular weight is 165 g/mol. The minimum atomic E-state index is 0.365. The fraction of sp³-hybridized carbons (Fsp3) is 0.400. The summed E-state index contributed by atoms with van der Waals surface area (Å²) in [5, 5.41) is 12.8. The molecule has 0 aromatic heterocycles. The van der Waals surface area contributed by atoms with E-state index in [1.165, 1.54) is 5.57 Å². The van der Waals surface area contributed by atoms with Crippen molar-refractivity contribution < 1.29 is 5.11 Å². The highest BCUT2D eigenvalue weighted by atomic mass is 16.3. The molecule has 0 atom stereocenters. The molecule has 0 aromatic carbocycles. The summed E-state index contributed by atoms with van der Waals surface area (Å²) in [6.45, 7) is 7.41. The molecule has 12 heavy (non-hydrogen) atoms. The Kier molecular flexibility index (Phi) is 3.11. The van der Waals surface area contributed by atoms with Crippen LogP contribution < -0.4 is 5.32 Å². The van der Waals surface area contributed by atoms with Gasteiger partial charge >= 0.3 is 0 Å². The van der Waals surface area contributed by atoms with E-state index < -0.39 is 0 Å². The zero-order chi connectivity index (χ0) is 8.97. The molecule has 0 aromatic rings. The van der Waals surface area contributed by atoms with Crippen molar-refractivity contribution in [2.75, 3.05) is 13.1 Å². The van der Waals surface area contributed by atoms with E-state index in [4.69, 9.17) is 0 Å². The lowest BCUT2D eigenvalue weighted by atomic mass is 10.0. The van der Waals surface area contributed by atoms with Crippen molar-refractivity contribution in [3.05, 3.63) is 35.6 Å². The summed E-state index contributed by atoms with van der Waals surface area (Å²) in [5.41, 5.74) is 2.28. The first-order valence-electron chi connectivity index (χ1n) is 4.17. The zero-order valence-corrected chi connectivity index (χ0v) is 7.43. The molecule has 1 heterocycles. The molecule has 0 amide bonds. The summed E-state index contributed by atoms with van der Waals surface area (Å²) in [6, 6.07) is 0. The fourth-order valence-electron chi connectivity index (χ4n) is 1.37. The molecule has 0 aliphatic carbocycles. The summed E-state index contributed by atoms with van der Waals surface area (Å²) < 4.78 is 0. The fourth-order valence-corrected chi connectivity index (χ4v) is 1.37. The van der Waals surface area contributed by atoms with Crippen molar-refractivity contribution in [1.82, 2.24) is 5.32 Å². The third-order valence-corrected chi connectivity index (χ3v) is 2.04.